The lowest BCUT2D eigenvalue weighted by Gasteiger charge is -2.03. The number of hydrogen-bond acceptors (Lipinski definition) is 1. The van der Waals surface area contributed by atoms with Gasteiger partial charge in [-0.2, -0.15) is 0 Å². The third kappa shape index (κ3) is 25.2. The van der Waals surface area contributed by atoms with Gasteiger partial charge >= 0.3 is 0 Å². The number of allylic oxidation sites excluding steroid dienone is 6. The van der Waals surface area contributed by atoms with Crippen molar-refractivity contribution in [3.63, 3.8) is 0 Å². The van der Waals surface area contributed by atoms with Crippen molar-refractivity contribution < 1.29 is 5.11 Å². The van der Waals surface area contributed by atoms with Crippen LogP contribution in [0.4, 0.5) is 0 Å². The summed E-state index contributed by atoms with van der Waals surface area (Å²) in [5.74, 6) is 0. The molecule has 0 amide bonds. The summed E-state index contributed by atoms with van der Waals surface area (Å²) in [6.45, 7) is 2.54. The van der Waals surface area contributed by atoms with E-state index in [1.54, 1.807) is 0 Å². The maximum absolute atomic E-state index is 8.73. The minimum absolute atomic E-state index is 0.367. The van der Waals surface area contributed by atoms with Crippen LogP contribution in [-0.2, 0) is 0 Å². The molecule has 0 radical (unpaired) electrons. The minimum atomic E-state index is 0.367. The van der Waals surface area contributed by atoms with Crippen molar-refractivity contribution in [1.82, 2.24) is 0 Å². The quantitative estimate of drug-likeness (QED) is 0.157. The molecule has 27 heavy (non-hydrogen) atoms. The maximum Gasteiger partial charge on any atom is 0.0431 e. The van der Waals surface area contributed by atoms with E-state index < -0.39 is 0 Å². The Morgan fingerprint density at radius 1 is 0.444 bits per heavy atom. The Hall–Kier alpha value is -0.820. The molecule has 0 aromatic carbocycles. The van der Waals surface area contributed by atoms with Crippen molar-refractivity contribution in [3.05, 3.63) is 36.5 Å². The van der Waals surface area contributed by atoms with Crippen molar-refractivity contribution in [2.24, 2.45) is 0 Å². The summed E-state index contributed by atoms with van der Waals surface area (Å²) in [5.41, 5.74) is 0. The lowest BCUT2D eigenvalue weighted by Crippen LogP contribution is -1.85. The van der Waals surface area contributed by atoms with Crippen LogP contribution in [0.25, 0.3) is 0 Å². The highest BCUT2D eigenvalue weighted by Crippen LogP contribution is 2.13. The number of rotatable bonds is 21. The molecule has 1 N–H and O–H groups in total. The Bertz CT molecular complexity index is 340. The van der Waals surface area contributed by atoms with Crippen LogP contribution in [0.5, 0.6) is 0 Å². The second-order valence-electron chi connectivity index (χ2n) is 7.76. The molecule has 1 nitrogen and oxygen atoms in total. The predicted molar refractivity (Wildman–Crippen MR) is 123 cm³/mol. The normalized spacial score (nSPS) is 12.2. The molecule has 0 bridgehead atoms. The first kappa shape index (κ1) is 26.2. The van der Waals surface area contributed by atoms with E-state index in [4.69, 9.17) is 5.11 Å². The third-order valence-electron chi connectivity index (χ3n) is 5.06. The first-order valence-corrected chi connectivity index (χ1v) is 12.0. The lowest BCUT2D eigenvalue weighted by atomic mass is 10.0. The minimum Gasteiger partial charge on any atom is -0.396 e. The third-order valence-corrected chi connectivity index (χ3v) is 5.06. The van der Waals surface area contributed by atoms with Crippen molar-refractivity contribution in [2.45, 2.75) is 122 Å². The summed E-state index contributed by atoms with van der Waals surface area (Å²) in [6, 6.07) is 0. The highest BCUT2D eigenvalue weighted by molar-refractivity contribution is 4.96. The Morgan fingerprint density at radius 2 is 0.815 bits per heavy atom. The summed E-state index contributed by atoms with van der Waals surface area (Å²) < 4.78 is 0. The van der Waals surface area contributed by atoms with Gasteiger partial charge in [-0.15, -0.1) is 0 Å². The van der Waals surface area contributed by atoms with Gasteiger partial charge in [0.05, 0.1) is 0 Å². The molecule has 0 unspecified atom stereocenters. The van der Waals surface area contributed by atoms with Crippen molar-refractivity contribution in [1.29, 1.82) is 0 Å². The van der Waals surface area contributed by atoms with Crippen LogP contribution < -0.4 is 0 Å². The van der Waals surface area contributed by atoms with Gasteiger partial charge in [0, 0.05) is 6.61 Å². The molecule has 0 heterocycles. The fraction of sp³-hybridized carbons (Fsp3) is 0.769. The summed E-state index contributed by atoms with van der Waals surface area (Å²) >= 11 is 0. The second kappa shape index (κ2) is 25.2. The van der Waals surface area contributed by atoms with Gasteiger partial charge in [-0.3, -0.25) is 0 Å². The van der Waals surface area contributed by atoms with E-state index in [0.29, 0.717) is 6.61 Å². The molecule has 0 aliphatic heterocycles. The van der Waals surface area contributed by atoms with Crippen LogP contribution >= 0.6 is 0 Å². The predicted octanol–water partition coefficient (Wildman–Crippen LogP) is 8.69. The number of aliphatic hydroxyl groups is 1. The molecule has 0 spiro atoms. The molecule has 0 aromatic rings. The van der Waals surface area contributed by atoms with Crippen LogP contribution in [0.2, 0.25) is 0 Å². The monoisotopic (exact) mass is 376 g/mol. The Kier molecular flexibility index (Phi) is 24.4. The zero-order valence-corrected chi connectivity index (χ0v) is 18.3. The number of hydrogen-bond donors (Lipinski definition) is 1. The summed E-state index contributed by atoms with van der Waals surface area (Å²) in [7, 11) is 0. The summed E-state index contributed by atoms with van der Waals surface area (Å²) in [5, 5.41) is 8.73. The Balaban J connectivity index is 3.12. The van der Waals surface area contributed by atoms with E-state index in [1.807, 2.05) is 0 Å². The maximum atomic E-state index is 8.73. The smallest absolute Gasteiger partial charge is 0.0431 e. The van der Waals surface area contributed by atoms with Crippen LogP contribution in [0.1, 0.15) is 122 Å². The summed E-state index contributed by atoms with van der Waals surface area (Å²) in [4.78, 5) is 0. The topological polar surface area (TPSA) is 20.2 Å². The Morgan fingerprint density at radius 3 is 1.26 bits per heavy atom. The van der Waals surface area contributed by atoms with Crippen molar-refractivity contribution in [2.75, 3.05) is 6.61 Å². The molecular formula is C26H48O. The number of unbranched alkanes of at least 4 members (excludes halogenated alkanes) is 14. The van der Waals surface area contributed by atoms with E-state index in [0.717, 1.165) is 25.7 Å². The van der Waals surface area contributed by atoms with Gasteiger partial charge < -0.3 is 5.11 Å². The largest absolute Gasteiger partial charge is 0.396 e. The second-order valence-corrected chi connectivity index (χ2v) is 7.76. The molecule has 0 aromatic heterocycles. The molecular weight excluding hydrogens is 328 g/mol. The lowest BCUT2D eigenvalue weighted by molar-refractivity contribution is 0.282. The molecule has 0 fully saturated rings. The molecule has 0 rings (SSSR count). The van der Waals surface area contributed by atoms with Crippen LogP contribution in [0, 0.1) is 0 Å². The zero-order valence-electron chi connectivity index (χ0n) is 18.3. The highest BCUT2D eigenvalue weighted by Gasteiger charge is 1.94. The SMILES string of the molecule is CCC=CCC=CCC=CCCCCCCCCCCCCCCCCO. The first-order chi connectivity index (χ1) is 13.4. The average molecular weight is 377 g/mol. The fourth-order valence-electron chi connectivity index (χ4n) is 3.32. The van der Waals surface area contributed by atoms with Crippen molar-refractivity contribution >= 4 is 0 Å². The molecule has 0 saturated carbocycles. The number of aliphatic hydroxyl groups excluding tert-OH is 1. The average Bonchev–Trinajstić information content (AvgIpc) is 2.68. The first-order valence-electron chi connectivity index (χ1n) is 12.0. The standard InChI is InChI=1S/C26H48O/c1-2-3-4-5-6-7-8-9-10-11-12-13-14-15-16-17-18-19-20-21-22-23-24-25-26-27/h3-4,6-7,9-10,27H,2,5,8,11-26H2,1H3. The van der Waals surface area contributed by atoms with Gasteiger partial charge in [0.1, 0.15) is 0 Å². The van der Waals surface area contributed by atoms with E-state index in [2.05, 4.69) is 43.4 Å². The zero-order chi connectivity index (χ0) is 19.7. The molecule has 0 saturated heterocycles. The fourth-order valence-corrected chi connectivity index (χ4v) is 3.32. The molecule has 0 aliphatic carbocycles. The van der Waals surface area contributed by atoms with E-state index >= 15 is 0 Å². The molecule has 158 valence electrons. The van der Waals surface area contributed by atoms with Crippen LogP contribution in [0.15, 0.2) is 36.5 Å². The Labute approximate surface area is 171 Å². The van der Waals surface area contributed by atoms with Gasteiger partial charge in [-0.1, -0.05) is 120 Å². The van der Waals surface area contributed by atoms with Crippen LogP contribution in [-0.4, -0.2) is 11.7 Å². The van der Waals surface area contributed by atoms with Crippen molar-refractivity contribution in [3.8, 4) is 0 Å². The molecule has 1 heteroatoms. The van der Waals surface area contributed by atoms with Gasteiger partial charge in [0.2, 0.25) is 0 Å². The van der Waals surface area contributed by atoms with Crippen LogP contribution in [0.3, 0.4) is 0 Å². The molecule has 0 atom stereocenters. The highest BCUT2D eigenvalue weighted by atomic mass is 16.2. The van der Waals surface area contributed by atoms with Gasteiger partial charge in [0.15, 0.2) is 0 Å². The van der Waals surface area contributed by atoms with E-state index in [9.17, 15) is 0 Å². The summed E-state index contributed by atoms with van der Waals surface area (Å²) in [6.07, 6.45) is 37.2. The van der Waals surface area contributed by atoms with E-state index in [-0.39, 0.29) is 0 Å². The van der Waals surface area contributed by atoms with Gasteiger partial charge in [-0.05, 0) is 38.5 Å². The molecule has 0 aliphatic rings. The van der Waals surface area contributed by atoms with Gasteiger partial charge in [-0.25, -0.2) is 0 Å². The van der Waals surface area contributed by atoms with E-state index in [1.165, 1.54) is 89.9 Å². The van der Waals surface area contributed by atoms with Gasteiger partial charge in [0.25, 0.3) is 0 Å².